The summed E-state index contributed by atoms with van der Waals surface area (Å²) in [6, 6.07) is 8.85. The van der Waals surface area contributed by atoms with Gasteiger partial charge in [0, 0.05) is 42.9 Å². The fourth-order valence-electron chi connectivity index (χ4n) is 2.89. The first-order chi connectivity index (χ1) is 10.2. The Bertz CT molecular complexity index is 416. The van der Waals surface area contributed by atoms with Gasteiger partial charge in [-0.25, -0.2) is 0 Å². The van der Waals surface area contributed by atoms with Crippen LogP contribution in [0.2, 0.25) is 5.02 Å². The van der Waals surface area contributed by atoms with Gasteiger partial charge in [0.05, 0.1) is 0 Å². The predicted octanol–water partition coefficient (Wildman–Crippen LogP) is 3.24. The van der Waals surface area contributed by atoms with Gasteiger partial charge in [-0.2, -0.15) is 0 Å². The highest BCUT2D eigenvalue weighted by molar-refractivity contribution is 6.30. The van der Waals surface area contributed by atoms with Crippen molar-refractivity contribution in [2.75, 3.05) is 44.2 Å². The normalized spacial score (nSPS) is 18.0. The monoisotopic (exact) mass is 309 g/mol. The molecule has 1 aromatic carbocycles. The van der Waals surface area contributed by atoms with E-state index in [1.54, 1.807) is 0 Å². The number of halogens is 1. The lowest BCUT2D eigenvalue weighted by Crippen LogP contribution is -2.50. The summed E-state index contributed by atoms with van der Waals surface area (Å²) in [6.07, 6.45) is 2.45. The fourth-order valence-corrected chi connectivity index (χ4v) is 3.07. The van der Waals surface area contributed by atoms with Crippen LogP contribution in [0.3, 0.4) is 0 Å². The van der Waals surface area contributed by atoms with Crippen LogP contribution in [-0.2, 0) is 0 Å². The molecule has 0 amide bonds. The molecule has 1 N–H and O–H groups in total. The Hall–Kier alpha value is -0.770. The van der Waals surface area contributed by atoms with Crippen LogP contribution in [0.5, 0.6) is 0 Å². The van der Waals surface area contributed by atoms with Gasteiger partial charge >= 0.3 is 0 Å². The minimum atomic E-state index is 0.663. The molecule has 0 aliphatic carbocycles. The Labute approximate surface area is 134 Å². The van der Waals surface area contributed by atoms with Crippen LogP contribution in [0.15, 0.2) is 24.3 Å². The number of anilines is 1. The molecule has 21 heavy (non-hydrogen) atoms. The molecule has 3 nitrogen and oxygen atoms in total. The number of piperazine rings is 1. The molecule has 0 aromatic heterocycles. The van der Waals surface area contributed by atoms with Crippen LogP contribution in [0, 0.1) is 0 Å². The van der Waals surface area contributed by atoms with Gasteiger partial charge in [0.15, 0.2) is 0 Å². The summed E-state index contributed by atoms with van der Waals surface area (Å²) in [6.45, 7) is 11.3. The molecule has 1 atom stereocenters. The van der Waals surface area contributed by atoms with Gasteiger partial charge in [-0.1, -0.05) is 24.6 Å². The topological polar surface area (TPSA) is 18.5 Å². The highest BCUT2D eigenvalue weighted by Gasteiger charge is 2.20. The average molecular weight is 310 g/mol. The van der Waals surface area contributed by atoms with Gasteiger partial charge in [0.1, 0.15) is 0 Å². The lowest BCUT2D eigenvalue weighted by molar-refractivity contribution is 0.188. The van der Waals surface area contributed by atoms with Gasteiger partial charge in [-0.15, -0.1) is 0 Å². The zero-order valence-corrected chi connectivity index (χ0v) is 14.1. The minimum Gasteiger partial charge on any atom is -0.369 e. The zero-order valence-electron chi connectivity index (χ0n) is 13.3. The number of nitrogens with zero attached hydrogens (tertiary/aromatic N) is 2. The van der Waals surface area contributed by atoms with E-state index >= 15 is 0 Å². The van der Waals surface area contributed by atoms with E-state index in [9.17, 15) is 0 Å². The number of nitrogens with one attached hydrogen (secondary N) is 1. The van der Waals surface area contributed by atoms with Crippen molar-refractivity contribution in [3.8, 4) is 0 Å². The summed E-state index contributed by atoms with van der Waals surface area (Å²) >= 11 is 6.08. The second-order valence-electron chi connectivity index (χ2n) is 5.89. The molecule has 2 rings (SSSR count). The molecule has 4 heteroatoms. The smallest absolute Gasteiger partial charge is 0.0426 e. The van der Waals surface area contributed by atoms with E-state index in [0.29, 0.717) is 6.04 Å². The maximum atomic E-state index is 6.08. The quantitative estimate of drug-likeness (QED) is 0.780. The Morgan fingerprint density at radius 3 is 2.62 bits per heavy atom. The number of hydrogen-bond acceptors (Lipinski definition) is 3. The first kappa shape index (κ1) is 16.6. The molecule has 1 unspecified atom stereocenters. The number of hydrogen-bond donors (Lipinski definition) is 1. The molecule has 1 aliphatic heterocycles. The van der Waals surface area contributed by atoms with Crippen LogP contribution in [0.25, 0.3) is 0 Å². The Morgan fingerprint density at radius 2 is 1.95 bits per heavy atom. The van der Waals surface area contributed by atoms with Gasteiger partial charge in [-0.05, 0) is 51.1 Å². The van der Waals surface area contributed by atoms with E-state index < -0.39 is 0 Å². The summed E-state index contributed by atoms with van der Waals surface area (Å²) in [5.41, 5.74) is 1.25. The fraction of sp³-hybridized carbons (Fsp3) is 0.647. The number of benzene rings is 1. The highest BCUT2D eigenvalue weighted by Crippen LogP contribution is 2.21. The molecular weight excluding hydrogens is 282 g/mol. The lowest BCUT2D eigenvalue weighted by atomic mass is 10.1. The molecular formula is C17H28ClN3. The number of rotatable bonds is 7. The standard InChI is InChI=1S/C17H28ClN3/c1-3-8-19-9-7-15(2)20-10-12-21(13-11-20)17-6-4-5-16(18)14-17/h4-6,14-15,19H,3,7-13H2,1-2H3. The van der Waals surface area contributed by atoms with Gasteiger partial charge in [-0.3, -0.25) is 4.90 Å². The SMILES string of the molecule is CCCNCCC(C)N1CCN(c2cccc(Cl)c2)CC1. The Morgan fingerprint density at radius 1 is 1.19 bits per heavy atom. The molecule has 1 saturated heterocycles. The summed E-state index contributed by atoms with van der Waals surface area (Å²) in [5.74, 6) is 0. The lowest BCUT2D eigenvalue weighted by Gasteiger charge is -2.39. The molecule has 0 radical (unpaired) electrons. The van der Waals surface area contributed by atoms with Gasteiger partial charge < -0.3 is 10.2 Å². The minimum absolute atomic E-state index is 0.663. The van der Waals surface area contributed by atoms with Crippen LogP contribution in [0.1, 0.15) is 26.7 Å². The van der Waals surface area contributed by atoms with E-state index in [2.05, 4.69) is 41.1 Å². The summed E-state index contributed by atoms with van der Waals surface area (Å²) in [7, 11) is 0. The van der Waals surface area contributed by atoms with Gasteiger partial charge in [0.25, 0.3) is 0 Å². The average Bonchev–Trinajstić information content (AvgIpc) is 2.51. The van der Waals surface area contributed by atoms with Crippen molar-refractivity contribution in [2.45, 2.75) is 32.7 Å². The van der Waals surface area contributed by atoms with Crippen molar-refractivity contribution in [1.82, 2.24) is 10.2 Å². The molecule has 1 heterocycles. The van der Waals surface area contributed by atoms with Crippen molar-refractivity contribution in [1.29, 1.82) is 0 Å². The molecule has 118 valence electrons. The zero-order chi connectivity index (χ0) is 15.1. The van der Waals surface area contributed by atoms with Gasteiger partial charge in [0.2, 0.25) is 0 Å². The summed E-state index contributed by atoms with van der Waals surface area (Å²) < 4.78 is 0. The molecule has 0 bridgehead atoms. The van der Waals surface area contributed by atoms with Crippen molar-refractivity contribution in [3.05, 3.63) is 29.3 Å². The van der Waals surface area contributed by atoms with Crippen molar-refractivity contribution in [2.24, 2.45) is 0 Å². The van der Waals surface area contributed by atoms with E-state index in [4.69, 9.17) is 11.6 Å². The first-order valence-electron chi connectivity index (χ1n) is 8.16. The molecule has 0 saturated carbocycles. The summed E-state index contributed by atoms with van der Waals surface area (Å²) in [5, 5.41) is 4.32. The maximum absolute atomic E-state index is 6.08. The predicted molar refractivity (Wildman–Crippen MR) is 92.5 cm³/mol. The molecule has 1 aromatic rings. The third-order valence-electron chi connectivity index (χ3n) is 4.28. The Balaban J connectivity index is 1.75. The summed E-state index contributed by atoms with van der Waals surface area (Å²) in [4.78, 5) is 5.04. The largest absolute Gasteiger partial charge is 0.369 e. The van der Waals surface area contributed by atoms with Crippen molar-refractivity contribution >= 4 is 17.3 Å². The second kappa shape index (κ2) is 8.62. The van der Waals surface area contributed by atoms with Crippen molar-refractivity contribution in [3.63, 3.8) is 0 Å². The van der Waals surface area contributed by atoms with Crippen LogP contribution in [-0.4, -0.2) is 50.2 Å². The van der Waals surface area contributed by atoms with Crippen LogP contribution in [0.4, 0.5) is 5.69 Å². The maximum Gasteiger partial charge on any atom is 0.0426 e. The van der Waals surface area contributed by atoms with Crippen molar-refractivity contribution < 1.29 is 0 Å². The molecule has 0 spiro atoms. The second-order valence-corrected chi connectivity index (χ2v) is 6.33. The first-order valence-corrected chi connectivity index (χ1v) is 8.53. The van der Waals surface area contributed by atoms with Crippen LogP contribution < -0.4 is 10.2 Å². The highest BCUT2D eigenvalue weighted by atomic mass is 35.5. The van der Waals surface area contributed by atoms with E-state index in [0.717, 1.165) is 44.3 Å². The Kier molecular flexibility index (Phi) is 6.81. The third-order valence-corrected chi connectivity index (χ3v) is 4.51. The molecule has 1 fully saturated rings. The van der Waals surface area contributed by atoms with Crippen LogP contribution >= 0.6 is 11.6 Å². The van der Waals surface area contributed by atoms with E-state index in [1.807, 2.05) is 12.1 Å². The third kappa shape index (κ3) is 5.17. The van der Waals surface area contributed by atoms with E-state index in [1.165, 1.54) is 18.5 Å². The van der Waals surface area contributed by atoms with E-state index in [-0.39, 0.29) is 0 Å². The molecule has 1 aliphatic rings.